The molecule has 0 bridgehead atoms. The highest BCUT2D eigenvalue weighted by molar-refractivity contribution is 5.92. The van der Waals surface area contributed by atoms with E-state index in [4.69, 9.17) is 10.3 Å². The lowest BCUT2D eigenvalue weighted by Crippen LogP contribution is -2.32. The van der Waals surface area contributed by atoms with E-state index in [1.165, 1.54) is 19.1 Å². The molecule has 94 valence electrons. The maximum Gasteiger partial charge on any atom is 0.301 e. The molecular formula is C12H19N3O2. The Kier molecular flexibility index (Phi) is 3.81. The minimum Gasteiger partial charge on any atom is -0.459 e. The van der Waals surface area contributed by atoms with Crippen molar-refractivity contribution in [2.75, 3.05) is 6.54 Å². The summed E-state index contributed by atoms with van der Waals surface area (Å²) in [6, 6.07) is 2.47. The van der Waals surface area contributed by atoms with Crippen molar-refractivity contribution in [3.05, 3.63) is 23.7 Å². The molecule has 2 rings (SSSR count). The fourth-order valence-electron chi connectivity index (χ4n) is 2.51. The van der Waals surface area contributed by atoms with Gasteiger partial charge < -0.3 is 4.42 Å². The third kappa shape index (κ3) is 2.50. The second-order valence-corrected chi connectivity index (χ2v) is 4.42. The summed E-state index contributed by atoms with van der Waals surface area (Å²) in [5, 5.41) is 0. The number of hydrogen-bond acceptors (Lipinski definition) is 4. The molecule has 0 spiro atoms. The van der Waals surface area contributed by atoms with Gasteiger partial charge in [-0.25, -0.2) is 5.84 Å². The van der Waals surface area contributed by atoms with Crippen LogP contribution in [0.4, 0.5) is 0 Å². The van der Waals surface area contributed by atoms with Gasteiger partial charge in [0.15, 0.2) is 5.76 Å². The summed E-state index contributed by atoms with van der Waals surface area (Å²) in [6.07, 6.45) is 5.16. The van der Waals surface area contributed by atoms with Crippen LogP contribution in [0, 0.1) is 0 Å². The molecule has 2 heterocycles. The van der Waals surface area contributed by atoms with E-state index < -0.39 is 0 Å². The first-order valence-corrected chi connectivity index (χ1v) is 6.07. The van der Waals surface area contributed by atoms with Crippen LogP contribution >= 0.6 is 0 Å². The van der Waals surface area contributed by atoms with Crippen molar-refractivity contribution in [2.45, 2.75) is 38.8 Å². The SMILES string of the molecule is CCC1CCCN1Cc1ccoc1C(=O)NN. The van der Waals surface area contributed by atoms with Crippen LogP contribution in [-0.4, -0.2) is 23.4 Å². The number of hydrogen-bond donors (Lipinski definition) is 2. The molecule has 0 aromatic carbocycles. The molecule has 0 saturated carbocycles. The lowest BCUT2D eigenvalue weighted by Gasteiger charge is -2.22. The second kappa shape index (κ2) is 5.33. The normalized spacial score (nSPS) is 20.7. The van der Waals surface area contributed by atoms with E-state index in [2.05, 4.69) is 17.2 Å². The number of rotatable bonds is 4. The third-order valence-corrected chi connectivity index (χ3v) is 3.43. The summed E-state index contributed by atoms with van der Waals surface area (Å²) < 4.78 is 5.18. The number of carbonyl (C=O) groups is 1. The minimum absolute atomic E-state index is 0.328. The zero-order valence-electron chi connectivity index (χ0n) is 10.1. The average molecular weight is 237 g/mol. The van der Waals surface area contributed by atoms with E-state index in [0.29, 0.717) is 11.8 Å². The highest BCUT2D eigenvalue weighted by atomic mass is 16.3. The molecule has 0 radical (unpaired) electrons. The molecule has 1 aliphatic heterocycles. The monoisotopic (exact) mass is 237 g/mol. The molecule has 1 atom stereocenters. The molecule has 5 heteroatoms. The molecule has 0 aliphatic carbocycles. The largest absolute Gasteiger partial charge is 0.459 e. The number of nitrogen functional groups attached to an aromatic ring is 1. The van der Waals surface area contributed by atoms with Crippen molar-refractivity contribution in [1.82, 2.24) is 10.3 Å². The van der Waals surface area contributed by atoms with Crippen LogP contribution < -0.4 is 11.3 Å². The van der Waals surface area contributed by atoms with E-state index >= 15 is 0 Å². The fraction of sp³-hybridized carbons (Fsp3) is 0.583. The Morgan fingerprint density at radius 2 is 2.53 bits per heavy atom. The van der Waals surface area contributed by atoms with Gasteiger partial charge in [-0.15, -0.1) is 0 Å². The summed E-state index contributed by atoms with van der Waals surface area (Å²) in [5.74, 6) is 5.08. The van der Waals surface area contributed by atoms with Crippen molar-refractivity contribution in [2.24, 2.45) is 5.84 Å². The summed E-state index contributed by atoms with van der Waals surface area (Å²) >= 11 is 0. The number of carbonyl (C=O) groups excluding carboxylic acids is 1. The average Bonchev–Trinajstić information content (AvgIpc) is 2.97. The van der Waals surface area contributed by atoms with E-state index in [1.54, 1.807) is 0 Å². The van der Waals surface area contributed by atoms with Crippen LogP contribution in [0.5, 0.6) is 0 Å². The van der Waals surface area contributed by atoms with Crippen molar-refractivity contribution >= 4 is 5.91 Å². The molecule has 1 aliphatic rings. The van der Waals surface area contributed by atoms with Gasteiger partial charge in [-0.2, -0.15) is 0 Å². The Balaban J connectivity index is 2.08. The first-order chi connectivity index (χ1) is 8.26. The third-order valence-electron chi connectivity index (χ3n) is 3.43. The van der Waals surface area contributed by atoms with Crippen molar-refractivity contribution in [3.63, 3.8) is 0 Å². The highest BCUT2D eigenvalue weighted by Crippen LogP contribution is 2.23. The Labute approximate surface area is 101 Å². The van der Waals surface area contributed by atoms with Crippen molar-refractivity contribution in [1.29, 1.82) is 0 Å². The van der Waals surface area contributed by atoms with Gasteiger partial charge >= 0.3 is 5.91 Å². The van der Waals surface area contributed by atoms with Crippen LogP contribution in [0.1, 0.15) is 42.3 Å². The molecule has 1 aromatic rings. The van der Waals surface area contributed by atoms with Gasteiger partial charge in [0.1, 0.15) is 0 Å². The zero-order valence-corrected chi connectivity index (χ0v) is 10.1. The van der Waals surface area contributed by atoms with Gasteiger partial charge in [0.05, 0.1) is 6.26 Å². The van der Waals surface area contributed by atoms with Crippen LogP contribution in [0.2, 0.25) is 0 Å². The quantitative estimate of drug-likeness (QED) is 0.470. The predicted octanol–water partition coefficient (Wildman–Crippen LogP) is 1.26. The number of hydrazine groups is 1. The molecule has 5 nitrogen and oxygen atoms in total. The summed E-state index contributed by atoms with van der Waals surface area (Å²) in [4.78, 5) is 13.9. The molecule has 1 saturated heterocycles. The maximum atomic E-state index is 11.5. The lowest BCUT2D eigenvalue weighted by atomic mass is 10.1. The molecule has 1 amide bonds. The van der Waals surface area contributed by atoms with Crippen LogP contribution in [0.25, 0.3) is 0 Å². The Morgan fingerprint density at radius 3 is 3.24 bits per heavy atom. The fourth-order valence-corrected chi connectivity index (χ4v) is 2.51. The topological polar surface area (TPSA) is 71.5 Å². The Morgan fingerprint density at radius 1 is 1.71 bits per heavy atom. The molecule has 1 unspecified atom stereocenters. The molecule has 1 fully saturated rings. The first kappa shape index (κ1) is 12.1. The maximum absolute atomic E-state index is 11.5. The van der Waals surface area contributed by atoms with Gasteiger partial charge in [-0.1, -0.05) is 6.92 Å². The molecule has 1 aromatic heterocycles. The standard InChI is InChI=1S/C12H19N3O2/c1-2-10-4-3-6-15(10)8-9-5-7-17-11(9)12(16)14-13/h5,7,10H,2-4,6,8,13H2,1H3,(H,14,16). The van der Waals surface area contributed by atoms with Crippen LogP contribution in [-0.2, 0) is 6.54 Å². The van der Waals surface area contributed by atoms with Gasteiger partial charge in [0.2, 0.25) is 0 Å². The van der Waals surface area contributed by atoms with E-state index in [-0.39, 0.29) is 5.91 Å². The second-order valence-electron chi connectivity index (χ2n) is 4.42. The van der Waals surface area contributed by atoms with Gasteiger partial charge in [0, 0.05) is 18.2 Å². The molecule has 17 heavy (non-hydrogen) atoms. The predicted molar refractivity (Wildman–Crippen MR) is 64.1 cm³/mol. The van der Waals surface area contributed by atoms with Gasteiger partial charge in [0.25, 0.3) is 0 Å². The molecule has 3 N–H and O–H groups in total. The van der Waals surface area contributed by atoms with E-state index in [1.807, 2.05) is 6.07 Å². The van der Waals surface area contributed by atoms with Gasteiger partial charge in [-0.3, -0.25) is 15.1 Å². The number of nitrogens with one attached hydrogen (secondary N) is 1. The van der Waals surface area contributed by atoms with E-state index in [9.17, 15) is 4.79 Å². The highest BCUT2D eigenvalue weighted by Gasteiger charge is 2.25. The zero-order chi connectivity index (χ0) is 12.3. The van der Waals surface area contributed by atoms with Gasteiger partial charge in [-0.05, 0) is 31.9 Å². The Bertz CT molecular complexity index is 389. The number of amides is 1. The lowest BCUT2D eigenvalue weighted by molar-refractivity contribution is 0.0922. The Hall–Kier alpha value is -1.33. The summed E-state index contributed by atoms with van der Waals surface area (Å²) in [7, 11) is 0. The van der Waals surface area contributed by atoms with Crippen LogP contribution in [0.3, 0.4) is 0 Å². The number of likely N-dealkylation sites (tertiary alicyclic amines) is 1. The summed E-state index contributed by atoms with van der Waals surface area (Å²) in [6.45, 7) is 4.05. The smallest absolute Gasteiger partial charge is 0.301 e. The van der Waals surface area contributed by atoms with E-state index in [0.717, 1.165) is 25.1 Å². The van der Waals surface area contributed by atoms with Crippen molar-refractivity contribution < 1.29 is 9.21 Å². The number of nitrogens with two attached hydrogens (primary N) is 1. The molecular weight excluding hydrogens is 218 g/mol. The minimum atomic E-state index is -0.364. The van der Waals surface area contributed by atoms with Crippen LogP contribution in [0.15, 0.2) is 16.7 Å². The number of nitrogens with zero attached hydrogens (tertiary/aromatic N) is 1. The number of furan rings is 1. The summed E-state index contributed by atoms with van der Waals surface area (Å²) in [5.41, 5.74) is 3.02. The first-order valence-electron chi connectivity index (χ1n) is 6.07. The van der Waals surface area contributed by atoms with Crippen molar-refractivity contribution in [3.8, 4) is 0 Å².